The second kappa shape index (κ2) is 8.68. The van der Waals surface area contributed by atoms with E-state index in [1.165, 1.54) is 12.8 Å². The third-order valence-electron chi connectivity index (χ3n) is 5.13. The highest BCUT2D eigenvalue weighted by atomic mass is 16.2. The van der Waals surface area contributed by atoms with Gasteiger partial charge in [-0.1, -0.05) is 25.0 Å². The van der Waals surface area contributed by atoms with Crippen molar-refractivity contribution in [2.75, 3.05) is 0 Å². The van der Waals surface area contributed by atoms with Crippen LogP contribution in [-0.4, -0.2) is 33.0 Å². The molecule has 1 fully saturated rings. The fourth-order valence-electron chi connectivity index (χ4n) is 3.55. The van der Waals surface area contributed by atoms with Gasteiger partial charge in [-0.2, -0.15) is 5.10 Å². The van der Waals surface area contributed by atoms with E-state index in [2.05, 4.69) is 25.8 Å². The lowest BCUT2D eigenvalue weighted by molar-refractivity contribution is 0.0934. The van der Waals surface area contributed by atoms with Crippen molar-refractivity contribution >= 4 is 11.8 Å². The van der Waals surface area contributed by atoms with Crippen LogP contribution in [0.15, 0.2) is 54.9 Å². The van der Waals surface area contributed by atoms with Gasteiger partial charge in [0.25, 0.3) is 11.8 Å². The van der Waals surface area contributed by atoms with Gasteiger partial charge in [0.1, 0.15) is 5.69 Å². The maximum absolute atomic E-state index is 12.4. The molecule has 0 bridgehead atoms. The summed E-state index contributed by atoms with van der Waals surface area (Å²) in [6.07, 6.45) is 7.81. The Hall–Kier alpha value is -3.48. The Labute approximate surface area is 168 Å². The summed E-state index contributed by atoms with van der Waals surface area (Å²) >= 11 is 0. The van der Waals surface area contributed by atoms with Crippen LogP contribution in [0.2, 0.25) is 0 Å². The molecule has 2 heterocycles. The minimum Gasteiger partial charge on any atom is -0.349 e. The second-order valence-corrected chi connectivity index (χ2v) is 7.24. The molecule has 0 unspecified atom stereocenters. The normalized spacial score (nSPS) is 13.9. The number of amides is 2. The first-order valence-electron chi connectivity index (χ1n) is 9.83. The summed E-state index contributed by atoms with van der Waals surface area (Å²) < 4.78 is 0. The molecule has 148 valence electrons. The first kappa shape index (κ1) is 18.9. The van der Waals surface area contributed by atoms with E-state index in [4.69, 9.17) is 0 Å². The highest BCUT2D eigenvalue weighted by Crippen LogP contribution is 2.18. The third kappa shape index (κ3) is 4.68. The molecule has 29 heavy (non-hydrogen) atoms. The van der Waals surface area contributed by atoms with Crippen molar-refractivity contribution < 1.29 is 9.59 Å². The molecule has 0 atom stereocenters. The number of nitrogens with one attached hydrogen (secondary N) is 3. The zero-order valence-corrected chi connectivity index (χ0v) is 16.0. The van der Waals surface area contributed by atoms with E-state index in [0.29, 0.717) is 23.5 Å². The quantitative estimate of drug-likeness (QED) is 0.603. The molecular formula is C22H23N5O2. The Morgan fingerprint density at radius 2 is 1.83 bits per heavy atom. The smallest absolute Gasteiger partial charge is 0.269 e. The largest absolute Gasteiger partial charge is 0.349 e. The van der Waals surface area contributed by atoms with Crippen molar-refractivity contribution in [3.63, 3.8) is 0 Å². The average Bonchev–Trinajstić information content (AvgIpc) is 3.45. The zero-order chi connectivity index (χ0) is 20.1. The summed E-state index contributed by atoms with van der Waals surface area (Å²) in [5.74, 6) is -0.306. The van der Waals surface area contributed by atoms with E-state index in [0.717, 1.165) is 24.0 Å². The second-order valence-electron chi connectivity index (χ2n) is 7.24. The van der Waals surface area contributed by atoms with Crippen LogP contribution < -0.4 is 10.6 Å². The van der Waals surface area contributed by atoms with Gasteiger partial charge < -0.3 is 10.6 Å². The minimum atomic E-state index is -0.251. The van der Waals surface area contributed by atoms with Crippen LogP contribution in [0.3, 0.4) is 0 Å². The predicted molar refractivity (Wildman–Crippen MR) is 109 cm³/mol. The fourth-order valence-corrected chi connectivity index (χ4v) is 3.55. The molecule has 7 nitrogen and oxygen atoms in total. The van der Waals surface area contributed by atoms with Crippen LogP contribution in [0.1, 0.15) is 52.1 Å². The number of benzene rings is 1. The maximum atomic E-state index is 12.4. The first-order valence-corrected chi connectivity index (χ1v) is 9.83. The Bertz CT molecular complexity index is 993. The molecule has 2 amide bonds. The van der Waals surface area contributed by atoms with Crippen molar-refractivity contribution in [3.8, 4) is 11.3 Å². The summed E-state index contributed by atoms with van der Waals surface area (Å²) in [5, 5.41) is 12.9. The lowest BCUT2D eigenvalue weighted by Crippen LogP contribution is -2.32. The van der Waals surface area contributed by atoms with E-state index in [1.807, 2.05) is 30.3 Å². The molecule has 4 rings (SSSR count). The third-order valence-corrected chi connectivity index (χ3v) is 5.13. The SMILES string of the molecule is O=C(NC1CCCC1)c1cccc(CNC(=O)c2cc(-c3ccncc3)n[nH]2)c1. The van der Waals surface area contributed by atoms with Crippen LogP contribution in [0.25, 0.3) is 11.3 Å². The number of pyridine rings is 1. The number of hydrogen-bond donors (Lipinski definition) is 3. The van der Waals surface area contributed by atoms with E-state index in [1.54, 1.807) is 24.5 Å². The maximum Gasteiger partial charge on any atom is 0.269 e. The summed E-state index contributed by atoms with van der Waals surface area (Å²) in [6.45, 7) is 0.326. The molecule has 3 N–H and O–H groups in total. The van der Waals surface area contributed by atoms with Crippen molar-refractivity contribution in [1.82, 2.24) is 25.8 Å². The Morgan fingerprint density at radius 3 is 2.62 bits per heavy atom. The predicted octanol–water partition coefficient (Wildman–Crippen LogP) is 3.07. The van der Waals surface area contributed by atoms with Gasteiger partial charge in [0.2, 0.25) is 0 Å². The number of hydrogen-bond acceptors (Lipinski definition) is 4. The number of H-pyrrole nitrogens is 1. The number of nitrogens with zero attached hydrogens (tertiary/aromatic N) is 2. The first-order chi connectivity index (χ1) is 14.2. The molecular weight excluding hydrogens is 366 g/mol. The number of aromatic nitrogens is 3. The van der Waals surface area contributed by atoms with E-state index in [-0.39, 0.29) is 17.9 Å². The molecule has 1 saturated carbocycles. The van der Waals surface area contributed by atoms with Gasteiger partial charge in [-0.3, -0.25) is 19.7 Å². The molecule has 0 saturated heterocycles. The summed E-state index contributed by atoms with van der Waals surface area (Å²) in [6, 6.07) is 13.0. The van der Waals surface area contributed by atoms with Crippen molar-refractivity contribution in [2.24, 2.45) is 0 Å². The molecule has 3 aromatic rings. The lowest BCUT2D eigenvalue weighted by atomic mass is 10.1. The molecule has 0 aliphatic heterocycles. The van der Waals surface area contributed by atoms with Crippen LogP contribution in [0.4, 0.5) is 0 Å². The molecule has 1 aliphatic rings. The van der Waals surface area contributed by atoms with Gasteiger partial charge in [0, 0.05) is 36.1 Å². The van der Waals surface area contributed by atoms with Gasteiger partial charge in [-0.25, -0.2) is 0 Å². The van der Waals surface area contributed by atoms with Crippen LogP contribution in [0.5, 0.6) is 0 Å². The summed E-state index contributed by atoms with van der Waals surface area (Å²) in [4.78, 5) is 28.8. The fraction of sp³-hybridized carbons (Fsp3) is 0.273. The van der Waals surface area contributed by atoms with Gasteiger partial charge in [0.15, 0.2) is 0 Å². The van der Waals surface area contributed by atoms with Gasteiger partial charge in [0.05, 0.1) is 5.69 Å². The number of carbonyl (C=O) groups is 2. The van der Waals surface area contributed by atoms with Crippen LogP contribution in [-0.2, 0) is 6.54 Å². The van der Waals surface area contributed by atoms with Gasteiger partial charge in [-0.05, 0) is 48.7 Å². The highest BCUT2D eigenvalue weighted by Gasteiger charge is 2.18. The molecule has 2 aromatic heterocycles. The minimum absolute atomic E-state index is 0.0550. The van der Waals surface area contributed by atoms with E-state index >= 15 is 0 Å². The molecule has 0 radical (unpaired) electrons. The van der Waals surface area contributed by atoms with Crippen LogP contribution in [0, 0.1) is 0 Å². The zero-order valence-electron chi connectivity index (χ0n) is 16.0. The Morgan fingerprint density at radius 1 is 1.03 bits per heavy atom. The Kier molecular flexibility index (Phi) is 5.65. The van der Waals surface area contributed by atoms with Crippen molar-refractivity contribution in [3.05, 3.63) is 71.7 Å². The van der Waals surface area contributed by atoms with Gasteiger partial charge >= 0.3 is 0 Å². The van der Waals surface area contributed by atoms with Crippen molar-refractivity contribution in [1.29, 1.82) is 0 Å². The number of carbonyl (C=O) groups excluding carboxylic acids is 2. The highest BCUT2D eigenvalue weighted by molar-refractivity contribution is 5.95. The lowest BCUT2D eigenvalue weighted by Gasteiger charge is -2.12. The monoisotopic (exact) mass is 389 g/mol. The average molecular weight is 389 g/mol. The molecule has 0 spiro atoms. The standard InChI is InChI=1S/C22H23N5O2/c28-21(25-18-6-1-2-7-18)17-5-3-4-15(12-17)14-24-22(29)20-13-19(26-27-20)16-8-10-23-11-9-16/h3-5,8-13,18H,1-2,6-7,14H2,(H,24,29)(H,25,28)(H,26,27). The van der Waals surface area contributed by atoms with E-state index < -0.39 is 0 Å². The molecule has 1 aliphatic carbocycles. The summed E-state index contributed by atoms with van der Waals surface area (Å²) in [5.41, 5.74) is 3.43. The number of rotatable bonds is 6. The topological polar surface area (TPSA) is 99.8 Å². The van der Waals surface area contributed by atoms with Crippen LogP contribution >= 0.6 is 0 Å². The van der Waals surface area contributed by atoms with Crippen molar-refractivity contribution in [2.45, 2.75) is 38.3 Å². The number of aromatic amines is 1. The molecule has 7 heteroatoms. The molecule has 1 aromatic carbocycles. The van der Waals surface area contributed by atoms with E-state index in [9.17, 15) is 9.59 Å². The summed E-state index contributed by atoms with van der Waals surface area (Å²) in [7, 11) is 0. The Balaban J connectivity index is 1.36. The van der Waals surface area contributed by atoms with Gasteiger partial charge in [-0.15, -0.1) is 0 Å².